The van der Waals surface area contributed by atoms with Crippen molar-refractivity contribution >= 4 is 23.5 Å². The summed E-state index contributed by atoms with van der Waals surface area (Å²) in [7, 11) is 1.25. The Morgan fingerprint density at radius 3 is 2.60 bits per heavy atom. The smallest absolute Gasteiger partial charge is 0.310 e. The molecule has 0 unspecified atom stereocenters. The van der Waals surface area contributed by atoms with Crippen LogP contribution >= 0.6 is 11.6 Å². The molecule has 10 heavy (non-hydrogen) atoms. The molecule has 56 valence electrons. The van der Waals surface area contributed by atoms with Crippen molar-refractivity contribution in [1.82, 2.24) is 0 Å². The van der Waals surface area contributed by atoms with Crippen LogP contribution < -0.4 is 0 Å². The van der Waals surface area contributed by atoms with E-state index in [2.05, 4.69) is 4.74 Å². The molecule has 0 aromatic rings. The summed E-state index contributed by atoms with van der Waals surface area (Å²) in [5.74, 6) is 1.10. The molecule has 0 rings (SSSR count). The fraction of sp³-hybridized carbons (Fsp3) is 0.500. The fourth-order valence-electron chi connectivity index (χ4n) is 0.357. The van der Waals surface area contributed by atoms with Crippen molar-refractivity contribution < 1.29 is 14.3 Å². The van der Waals surface area contributed by atoms with Crippen LogP contribution in [-0.4, -0.2) is 24.9 Å². The largest absolute Gasteiger partial charge is 0.469 e. The maximum atomic E-state index is 10.5. The maximum Gasteiger partial charge on any atom is 0.310 e. The lowest BCUT2D eigenvalue weighted by Crippen LogP contribution is -2.02. The van der Waals surface area contributed by atoms with E-state index in [9.17, 15) is 9.59 Å². The third-order valence-electron chi connectivity index (χ3n) is 0.891. The van der Waals surface area contributed by atoms with E-state index in [1.165, 1.54) is 7.11 Å². The van der Waals surface area contributed by atoms with Crippen LogP contribution in [0.4, 0.5) is 0 Å². The van der Waals surface area contributed by atoms with Crippen LogP contribution in [0.25, 0.3) is 0 Å². The highest BCUT2D eigenvalue weighted by atomic mass is 35.5. The molecule has 0 spiro atoms. The second-order valence-electron chi connectivity index (χ2n) is 1.59. The van der Waals surface area contributed by atoms with Gasteiger partial charge in [0.2, 0.25) is 0 Å². The van der Waals surface area contributed by atoms with Crippen LogP contribution in [0.5, 0.6) is 0 Å². The van der Waals surface area contributed by atoms with Crippen molar-refractivity contribution in [2.45, 2.75) is 6.42 Å². The molecular formula is C6H7ClO3. The lowest BCUT2D eigenvalue weighted by Gasteiger charge is -1.95. The van der Waals surface area contributed by atoms with Crippen LogP contribution in [0.15, 0.2) is 5.57 Å². The Balaban J connectivity index is 3.88. The number of esters is 1. The van der Waals surface area contributed by atoms with Crippen LogP contribution in [0.3, 0.4) is 0 Å². The molecule has 0 heterocycles. The van der Waals surface area contributed by atoms with Gasteiger partial charge in [0.25, 0.3) is 0 Å². The highest BCUT2D eigenvalue weighted by Gasteiger charge is 2.04. The van der Waals surface area contributed by atoms with Crippen molar-refractivity contribution in [3.05, 3.63) is 5.57 Å². The van der Waals surface area contributed by atoms with E-state index in [1.54, 1.807) is 5.94 Å². The van der Waals surface area contributed by atoms with Gasteiger partial charge in [-0.25, -0.2) is 4.79 Å². The lowest BCUT2D eigenvalue weighted by molar-refractivity contribution is -0.139. The van der Waals surface area contributed by atoms with E-state index in [4.69, 9.17) is 11.6 Å². The first-order valence-corrected chi connectivity index (χ1v) is 3.13. The van der Waals surface area contributed by atoms with Crippen molar-refractivity contribution in [2.24, 2.45) is 0 Å². The number of hydrogen-bond donors (Lipinski definition) is 0. The number of ether oxygens (including phenoxy) is 1. The first-order chi connectivity index (χ1) is 4.74. The Morgan fingerprint density at radius 2 is 2.30 bits per heavy atom. The van der Waals surface area contributed by atoms with Crippen LogP contribution in [0, 0.1) is 0 Å². The molecule has 0 radical (unpaired) electrons. The first-order valence-electron chi connectivity index (χ1n) is 2.60. The van der Waals surface area contributed by atoms with Gasteiger partial charge in [-0.15, -0.1) is 11.6 Å². The average Bonchev–Trinajstić information content (AvgIpc) is 1.99. The number of carbonyl (C=O) groups is 1. The molecule has 0 aromatic heterocycles. The highest BCUT2D eigenvalue weighted by Crippen LogP contribution is 1.99. The van der Waals surface area contributed by atoms with Gasteiger partial charge in [0, 0.05) is 5.57 Å². The minimum Gasteiger partial charge on any atom is -0.469 e. The van der Waals surface area contributed by atoms with Gasteiger partial charge in [-0.3, -0.25) is 4.79 Å². The average molecular weight is 163 g/mol. The molecule has 0 N–H and O–H groups in total. The third-order valence-corrected chi connectivity index (χ3v) is 1.21. The number of hydrogen-bond acceptors (Lipinski definition) is 3. The number of carbonyl (C=O) groups excluding carboxylic acids is 2. The van der Waals surface area contributed by atoms with Crippen LogP contribution in [0.2, 0.25) is 0 Å². The Labute approximate surface area is 63.6 Å². The van der Waals surface area contributed by atoms with Crippen molar-refractivity contribution in [1.29, 1.82) is 0 Å². The summed E-state index contributed by atoms with van der Waals surface area (Å²) in [6.07, 6.45) is -0.0660. The highest BCUT2D eigenvalue weighted by molar-refractivity contribution is 6.20. The van der Waals surface area contributed by atoms with Crippen LogP contribution in [-0.2, 0) is 14.3 Å². The first kappa shape index (κ1) is 9.21. The molecule has 0 amide bonds. The number of methoxy groups -OCH3 is 1. The molecule has 0 aromatic carbocycles. The van der Waals surface area contributed by atoms with E-state index in [1.807, 2.05) is 0 Å². The fourth-order valence-corrected chi connectivity index (χ4v) is 0.506. The number of halogens is 1. The molecule has 4 heteroatoms. The zero-order chi connectivity index (χ0) is 7.98. The zero-order valence-electron chi connectivity index (χ0n) is 5.52. The normalized spacial score (nSPS) is 8.20. The summed E-state index contributed by atoms with van der Waals surface area (Å²) in [6.45, 7) is 0. The Bertz CT molecular complexity index is 170. The van der Waals surface area contributed by atoms with Crippen molar-refractivity contribution in [3.8, 4) is 0 Å². The van der Waals surface area contributed by atoms with E-state index in [0.717, 1.165) is 0 Å². The molecule has 0 saturated carbocycles. The van der Waals surface area contributed by atoms with Gasteiger partial charge < -0.3 is 4.74 Å². The van der Waals surface area contributed by atoms with Gasteiger partial charge >= 0.3 is 5.97 Å². The van der Waals surface area contributed by atoms with Gasteiger partial charge in [-0.05, 0) is 0 Å². The molecule has 0 bridgehead atoms. The van der Waals surface area contributed by atoms with Gasteiger partial charge in [-0.1, -0.05) is 0 Å². The van der Waals surface area contributed by atoms with Crippen LogP contribution in [0.1, 0.15) is 6.42 Å². The monoisotopic (exact) mass is 162 g/mol. The molecule has 0 aliphatic rings. The molecule has 0 atom stereocenters. The minimum absolute atomic E-state index is 0.0264. The van der Waals surface area contributed by atoms with Gasteiger partial charge in [0.15, 0.2) is 0 Å². The number of alkyl halides is 1. The molecule has 0 saturated heterocycles. The molecule has 3 nitrogen and oxygen atoms in total. The zero-order valence-corrected chi connectivity index (χ0v) is 6.27. The maximum absolute atomic E-state index is 10.5. The van der Waals surface area contributed by atoms with Crippen molar-refractivity contribution in [3.63, 3.8) is 0 Å². The predicted octanol–water partition coefficient (Wildman–Crippen LogP) is 0.546. The third kappa shape index (κ3) is 3.28. The summed E-state index contributed by atoms with van der Waals surface area (Å²) in [4.78, 5) is 20.4. The molecule has 0 aliphatic heterocycles. The minimum atomic E-state index is -0.473. The van der Waals surface area contributed by atoms with Gasteiger partial charge in [0.05, 0.1) is 19.4 Å². The summed E-state index contributed by atoms with van der Waals surface area (Å²) >= 11 is 5.26. The summed E-state index contributed by atoms with van der Waals surface area (Å²) < 4.78 is 4.29. The van der Waals surface area contributed by atoms with E-state index < -0.39 is 5.97 Å². The van der Waals surface area contributed by atoms with Gasteiger partial charge in [-0.2, -0.15) is 0 Å². The lowest BCUT2D eigenvalue weighted by atomic mass is 10.2. The van der Waals surface area contributed by atoms with E-state index in [0.29, 0.717) is 0 Å². The molecule has 0 aliphatic carbocycles. The summed E-state index contributed by atoms with van der Waals surface area (Å²) in [6, 6.07) is 0. The predicted molar refractivity (Wildman–Crippen MR) is 36.6 cm³/mol. The van der Waals surface area contributed by atoms with E-state index in [-0.39, 0.29) is 17.9 Å². The standard InChI is InChI=1S/C6H7ClO3/c1-10-6(9)2-5(3-7)4-8/h2-3H2,1H3. The molecular weight excluding hydrogens is 156 g/mol. The Kier molecular flexibility index (Phi) is 4.63. The topological polar surface area (TPSA) is 43.4 Å². The molecule has 0 fully saturated rings. The SMILES string of the molecule is COC(=O)CC(=C=O)CCl. The Morgan fingerprint density at radius 1 is 1.70 bits per heavy atom. The number of rotatable bonds is 3. The van der Waals surface area contributed by atoms with E-state index >= 15 is 0 Å². The second-order valence-corrected chi connectivity index (χ2v) is 1.86. The van der Waals surface area contributed by atoms with Gasteiger partial charge in [0.1, 0.15) is 5.94 Å². The van der Waals surface area contributed by atoms with Crippen molar-refractivity contribution in [2.75, 3.05) is 13.0 Å². The second kappa shape index (κ2) is 5.03. The Hall–Kier alpha value is -0.790. The summed E-state index contributed by atoms with van der Waals surface area (Å²) in [5.41, 5.74) is 0.216. The summed E-state index contributed by atoms with van der Waals surface area (Å²) in [5, 5.41) is 0. The quantitative estimate of drug-likeness (QED) is 0.346.